The monoisotopic (exact) mass is 435 g/mol. The van der Waals surface area contributed by atoms with E-state index in [9.17, 15) is 4.39 Å². The number of anilines is 3. The van der Waals surface area contributed by atoms with Gasteiger partial charge in [-0.3, -0.25) is 4.57 Å². The Kier molecular flexibility index (Phi) is 4.71. The van der Waals surface area contributed by atoms with Crippen LogP contribution in [0.15, 0.2) is 36.9 Å². The van der Waals surface area contributed by atoms with Gasteiger partial charge >= 0.3 is 0 Å². The zero-order valence-electron chi connectivity index (χ0n) is 17.9. The Morgan fingerprint density at radius 1 is 1.06 bits per heavy atom. The lowest BCUT2D eigenvalue weighted by Gasteiger charge is -2.32. The van der Waals surface area contributed by atoms with Crippen LogP contribution in [0.1, 0.15) is 32.1 Å². The molecule has 0 unspecified atom stereocenters. The molecule has 0 atom stereocenters. The number of halogens is 1. The quantitative estimate of drug-likeness (QED) is 0.670. The Labute approximate surface area is 185 Å². The molecule has 1 aromatic carbocycles. The van der Waals surface area contributed by atoms with Crippen LogP contribution >= 0.6 is 0 Å². The average Bonchev–Trinajstić information content (AvgIpc) is 3.39. The van der Waals surface area contributed by atoms with Gasteiger partial charge in [-0.05, 0) is 44.2 Å². The second-order valence-corrected chi connectivity index (χ2v) is 8.63. The third kappa shape index (κ3) is 3.19. The highest BCUT2D eigenvalue weighted by molar-refractivity contribution is 5.88. The predicted octanol–water partition coefficient (Wildman–Crippen LogP) is 3.83. The first-order valence-electron chi connectivity index (χ1n) is 11.3. The van der Waals surface area contributed by atoms with Gasteiger partial charge in [-0.15, -0.1) is 0 Å². The summed E-state index contributed by atoms with van der Waals surface area (Å²) in [5, 5.41) is 3.47. The van der Waals surface area contributed by atoms with Crippen LogP contribution in [0, 0.1) is 5.82 Å². The maximum absolute atomic E-state index is 14.0. The molecular formula is C23H26FN7O. The third-order valence-electron chi connectivity index (χ3n) is 6.58. The molecule has 0 bridgehead atoms. The Morgan fingerprint density at radius 2 is 1.84 bits per heavy atom. The van der Waals surface area contributed by atoms with E-state index in [0.717, 1.165) is 75.1 Å². The Hall–Kier alpha value is -3.20. The minimum absolute atomic E-state index is 0.263. The number of fused-ring (bicyclic) bond motifs is 2. The van der Waals surface area contributed by atoms with Crippen LogP contribution in [0.3, 0.4) is 0 Å². The van der Waals surface area contributed by atoms with Crippen molar-refractivity contribution in [3.05, 3.63) is 42.7 Å². The van der Waals surface area contributed by atoms with E-state index in [2.05, 4.69) is 26.7 Å². The Bertz CT molecular complexity index is 1180. The highest BCUT2D eigenvalue weighted by atomic mass is 19.1. The van der Waals surface area contributed by atoms with Gasteiger partial charge in [-0.1, -0.05) is 6.58 Å². The molecule has 0 amide bonds. The molecule has 3 aromatic rings. The second kappa shape index (κ2) is 7.74. The molecule has 2 aromatic heterocycles. The standard InChI is InChI=1S/C23H26FN7O/c1-15-26-20-21(29-9-3-2-4-10-29)27-23(28-22(20)31(15)17-7-11-32-12-8-17)30-14-25-18-6-5-16(24)13-19(18)30/h5-6,13-14,17,26H,1-4,7-12H2. The molecular weight excluding hydrogens is 409 g/mol. The molecule has 3 aliphatic heterocycles. The number of nitrogens with zero attached hydrogens (tertiary/aromatic N) is 6. The molecule has 0 saturated carbocycles. The average molecular weight is 436 g/mol. The fourth-order valence-electron chi connectivity index (χ4n) is 4.96. The zero-order valence-corrected chi connectivity index (χ0v) is 17.9. The van der Waals surface area contributed by atoms with Crippen molar-refractivity contribution in [1.82, 2.24) is 19.5 Å². The first kappa shape index (κ1) is 19.5. The van der Waals surface area contributed by atoms with Crippen molar-refractivity contribution in [2.45, 2.75) is 38.1 Å². The third-order valence-corrected chi connectivity index (χ3v) is 6.58. The van der Waals surface area contributed by atoms with Crippen LogP contribution in [-0.2, 0) is 4.74 Å². The topological polar surface area (TPSA) is 71.3 Å². The predicted molar refractivity (Wildman–Crippen MR) is 122 cm³/mol. The van der Waals surface area contributed by atoms with Gasteiger partial charge in [0, 0.05) is 38.4 Å². The van der Waals surface area contributed by atoms with Gasteiger partial charge < -0.3 is 19.9 Å². The van der Waals surface area contributed by atoms with Gasteiger partial charge in [0.2, 0.25) is 5.95 Å². The van der Waals surface area contributed by atoms with Crippen molar-refractivity contribution in [3.63, 3.8) is 0 Å². The lowest BCUT2D eigenvalue weighted by molar-refractivity contribution is 0.0859. The molecule has 5 heterocycles. The van der Waals surface area contributed by atoms with Gasteiger partial charge in [-0.2, -0.15) is 9.97 Å². The van der Waals surface area contributed by atoms with Crippen molar-refractivity contribution >= 4 is 28.4 Å². The molecule has 2 saturated heterocycles. The molecule has 9 heteroatoms. The summed E-state index contributed by atoms with van der Waals surface area (Å²) >= 11 is 0. The lowest BCUT2D eigenvalue weighted by atomic mass is 10.1. The summed E-state index contributed by atoms with van der Waals surface area (Å²) in [6.07, 6.45) is 7.00. The molecule has 0 spiro atoms. The van der Waals surface area contributed by atoms with Gasteiger partial charge in [0.1, 0.15) is 23.7 Å². The minimum Gasteiger partial charge on any atom is -0.381 e. The van der Waals surface area contributed by atoms with E-state index < -0.39 is 0 Å². The highest BCUT2D eigenvalue weighted by Gasteiger charge is 2.36. The van der Waals surface area contributed by atoms with Gasteiger partial charge in [0.05, 0.1) is 11.0 Å². The number of rotatable bonds is 3. The smallest absolute Gasteiger partial charge is 0.239 e. The maximum atomic E-state index is 14.0. The number of aromatic nitrogens is 4. The summed E-state index contributed by atoms with van der Waals surface area (Å²) in [6.45, 7) is 7.65. The number of nitrogens with one attached hydrogen (secondary N) is 1. The molecule has 32 heavy (non-hydrogen) atoms. The molecule has 0 aliphatic carbocycles. The molecule has 0 radical (unpaired) electrons. The Balaban J connectivity index is 1.52. The largest absolute Gasteiger partial charge is 0.381 e. The van der Waals surface area contributed by atoms with Crippen LogP contribution < -0.4 is 15.1 Å². The van der Waals surface area contributed by atoms with E-state index in [1.165, 1.54) is 18.6 Å². The fraction of sp³-hybridized carbons (Fsp3) is 0.435. The van der Waals surface area contributed by atoms with Crippen molar-refractivity contribution in [2.24, 2.45) is 0 Å². The molecule has 8 nitrogen and oxygen atoms in total. The number of hydrogen-bond donors (Lipinski definition) is 1. The molecule has 1 N–H and O–H groups in total. The van der Waals surface area contributed by atoms with E-state index in [1.807, 2.05) is 0 Å². The van der Waals surface area contributed by atoms with Gasteiger partial charge in [0.15, 0.2) is 11.6 Å². The molecule has 3 aliphatic rings. The van der Waals surface area contributed by atoms with E-state index in [-0.39, 0.29) is 11.9 Å². The van der Waals surface area contributed by atoms with Gasteiger partial charge in [-0.25, -0.2) is 9.37 Å². The highest BCUT2D eigenvalue weighted by Crippen LogP contribution is 2.44. The van der Waals surface area contributed by atoms with Crippen molar-refractivity contribution in [3.8, 4) is 5.95 Å². The van der Waals surface area contributed by atoms with E-state index in [4.69, 9.17) is 14.7 Å². The first-order valence-corrected chi connectivity index (χ1v) is 11.3. The number of benzene rings is 1. The summed E-state index contributed by atoms with van der Waals surface area (Å²) in [6, 6.07) is 4.84. The molecule has 6 rings (SSSR count). The van der Waals surface area contributed by atoms with Crippen molar-refractivity contribution in [2.75, 3.05) is 41.4 Å². The first-order chi connectivity index (χ1) is 15.7. The van der Waals surface area contributed by atoms with E-state index in [1.54, 1.807) is 17.0 Å². The number of piperidine rings is 1. The summed E-state index contributed by atoms with van der Waals surface area (Å²) in [5.41, 5.74) is 2.26. The molecule has 2 fully saturated rings. The zero-order chi connectivity index (χ0) is 21.7. The Morgan fingerprint density at radius 3 is 2.66 bits per heavy atom. The van der Waals surface area contributed by atoms with E-state index >= 15 is 0 Å². The van der Waals surface area contributed by atoms with Crippen LogP contribution in [0.2, 0.25) is 0 Å². The number of ether oxygens (including phenoxy) is 1. The lowest BCUT2D eigenvalue weighted by Crippen LogP contribution is -2.38. The summed E-state index contributed by atoms with van der Waals surface area (Å²) in [4.78, 5) is 18.9. The number of imidazole rings is 1. The molecule has 166 valence electrons. The fourth-order valence-corrected chi connectivity index (χ4v) is 4.96. The van der Waals surface area contributed by atoms with E-state index in [0.29, 0.717) is 17.0 Å². The second-order valence-electron chi connectivity index (χ2n) is 8.63. The number of hydrogen-bond acceptors (Lipinski definition) is 7. The summed E-state index contributed by atoms with van der Waals surface area (Å²) in [5.74, 6) is 2.70. The summed E-state index contributed by atoms with van der Waals surface area (Å²) in [7, 11) is 0. The summed E-state index contributed by atoms with van der Waals surface area (Å²) < 4.78 is 21.4. The maximum Gasteiger partial charge on any atom is 0.239 e. The van der Waals surface area contributed by atoms with Gasteiger partial charge in [0.25, 0.3) is 0 Å². The van der Waals surface area contributed by atoms with Crippen LogP contribution in [0.5, 0.6) is 0 Å². The van der Waals surface area contributed by atoms with Crippen molar-refractivity contribution < 1.29 is 9.13 Å². The SMILES string of the molecule is C=C1Nc2c(N3CCCCC3)nc(-n3cnc4ccc(F)cc43)nc2N1C1CCOCC1. The van der Waals surface area contributed by atoms with Crippen LogP contribution in [0.4, 0.5) is 21.7 Å². The van der Waals surface area contributed by atoms with Crippen LogP contribution in [0.25, 0.3) is 17.0 Å². The normalized spacial score (nSPS) is 19.5. The van der Waals surface area contributed by atoms with Crippen molar-refractivity contribution in [1.29, 1.82) is 0 Å². The minimum atomic E-state index is -0.310. The van der Waals surface area contributed by atoms with Crippen LogP contribution in [-0.4, -0.2) is 51.9 Å².